The third-order valence-electron chi connectivity index (χ3n) is 5.79. The highest BCUT2D eigenvalue weighted by molar-refractivity contribution is 7.90. The lowest BCUT2D eigenvalue weighted by Crippen LogP contribution is -2.49. The highest BCUT2D eigenvalue weighted by atomic mass is 35.5. The minimum absolute atomic E-state index is 0.0133. The van der Waals surface area contributed by atoms with Crippen molar-refractivity contribution in [1.82, 2.24) is 14.5 Å². The molecule has 2 aromatic carbocycles. The quantitative estimate of drug-likeness (QED) is 0.493. The van der Waals surface area contributed by atoms with Crippen LogP contribution in [0.5, 0.6) is 0 Å². The van der Waals surface area contributed by atoms with Gasteiger partial charge in [-0.15, -0.1) is 0 Å². The van der Waals surface area contributed by atoms with Crippen molar-refractivity contribution in [3.63, 3.8) is 0 Å². The van der Waals surface area contributed by atoms with Gasteiger partial charge in [0.15, 0.2) is 0 Å². The van der Waals surface area contributed by atoms with E-state index in [1.54, 1.807) is 44.2 Å². The van der Waals surface area contributed by atoms with Crippen LogP contribution in [0.15, 0.2) is 47.4 Å². The van der Waals surface area contributed by atoms with Gasteiger partial charge < -0.3 is 10.2 Å². The highest BCUT2D eigenvalue weighted by Gasteiger charge is 2.40. The summed E-state index contributed by atoms with van der Waals surface area (Å²) in [5.41, 5.74) is 0.635. The van der Waals surface area contributed by atoms with Gasteiger partial charge in [0.1, 0.15) is 10.9 Å². The summed E-state index contributed by atoms with van der Waals surface area (Å²) in [6, 6.07) is 10.2. The first-order chi connectivity index (χ1) is 16.6. The Bertz CT molecular complexity index is 1220. The molecule has 0 bridgehead atoms. The Labute approximate surface area is 215 Å². The molecule has 0 saturated carbocycles. The van der Waals surface area contributed by atoms with E-state index >= 15 is 0 Å². The number of rotatable bonds is 10. The van der Waals surface area contributed by atoms with Crippen molar-refractivity contribution in [2.75, 3.05) is 13.1 Å². The van der Waals surface area contributed by atoms with Crippen molar-refractivity contribution >= 4 is 50.9 Å². The second kappa shape index (κ2) is 11.4. The predicted molar refractivity (Wildman–Crippen MR) is 134 cm³/mol. The molecule has 3 rings (SSSR count). The Morgan fingerprint density at radius 2 is 1.71 bits per heavy atom. The molecule has 35 heavy (non-hydrogen) atoms. The number of nitrogens with zero attached hydrogens (tertiary/aromatic N) is 2. The van der Waals surface area contributed by atoms with Crippen LogP contribution in [0, 0.1) is 0 Å². The summed E-state index contributed by atoms with van der Waals surface area (Å²) in [7, 11) is -3.96. The molecule has 3 amide bonds. The molecule has 0 fully saturated rings. The predicted octanol–water partition coefficient (Wildman–Crippen LogP) is 3.86. The van der Waals surface area contributed by atoms with Gasteiger partial charge >= 0.3 is 0 Å². The van der Waals surface area contributed by atoms with Gasteiger partial charge in [-0.05, 0) is 44.0 Å². The number of carbonyl (C=O) groups excluding carboxylic acids is 3. The van der Waals surface area contributed by atoms with E-state index in [9.17, 15) is 22.8 Å². The van der Waals surface area contributed by atoms with Gasteiger partial charge in [-0.3, -0.25) is 14.4 Å². The summed E-state index contributed by atoms with van der Waals surface area (Å²) >= 11 is 12.6. The van der Waals surface area contributed by atoms with Crippen molar-refractivity contribution in [2.45, 2.75) is 50.6 Å². The van der Waals surface area contributed by atoms with Crippen LogP contribution in [0.4, 0.5) is 0 Å². The van der Waals surface area contributed by atoms with E-state index in [1.807, 2.05) is 0 Å². The van der Waals surface area contributed by atoms with Crippen LogP contribution in [0.25, 0.3) is 0 Å². The average molecular weight is 540 g/mol. The molecule has 0 aliphatic carbocycles. The smallest absolute Gasteiger partial charge is 0.269 e. The topological polar surface area (TPSA) is 104 Å². The number of likely N-dealkylation sites (N-methyl/N-ethyl adjacent to an activating group) is 1. The lowest BCUT2D eigenvalue weighted by Gasteiger charge is -2.31. The third kappa shape index (κ3) is 5.63. The van der Waals surface area contributed by atoms with Gasteiger partial charge in [-0.25, -0.2) is 12.7 Å². The first kappa shape index (κ1) is 27.0. The molecule has 2 aromatic rings. The van der Waals surface area contributed by atoms with E-state index < -0.39 is 22.0 Å². The molecule has 1 aliphatic heterocycles. The molecule has 0 spiro atoms. The van der Waals surface area contributed by atoms with Gasteiger partial charge in [-0.2, -0.15) is 0 Å². The molecule has 0 unspecified atom stereocenters. The summed E-state index contributed by atoms with van der Waals surface area (Å²) < 4.78 is 26.3. The Morgan fingerprint density at radius 3 is 2.31 bits per heavy atom. The van der Waals surface area contributed by atoms with E-state index in [1.165, 1.54) is 17.0 Å². The minimum atomic E-state index is -3.96. The molecule has 11 heteroatoms. The van der Waals surface area contributed by atoms with Crippen LogP contribution >= 0.6 is 23.2 Å². The standard InChI is InChI=1S/C24H27Cl2N3O5S/c1-3-20(23(31)27-4-2)28(15-17-18(25)10-7-11-19(17)26)22(30)13-8-14-29-24(32)16-9-5-6-12-21(16)35(29,33)34/h5-7,9-12,20H,3-4,8,13-15H2,1-2H3,(H,27,31)/t20-/m1/s1. The summed E-state index contributed by atoms with van der Waals surface area (Å²) in [6.45, 7) is 3.84. The van der Waals surface area contributed by atoms with Crippen molar-refractivity contribution in [3.05, 3.63) is 63.6 Å². The SMILES string of the molecule is CCNC(=O)[C@@H](CC)N(Cc1c(Cl)cccc1Cl)C(=O)CCCN1C(=O)c2ccccc2S1(=O)=O. The van der Waals surface area contributed by atoms with Crippen molar-refractivity contribution in [1.29, 1.82) is 0 Å². The van der Waals surface area contributed by atoms with Crippen molar-refractivity contribution < 1.29 is 22.8 Å². The maximum absolute atomic E-state index is 13.3. The molecule has 1 N–H and O–H groups in total. The first-order valence-corrected chi connectivity index (χ1v) is 13.5. The van der Waals surface area contributed by atoms with Crippen LogP contribution in [0.1, 0.15) is 49.0 Å². The molecule has 8 nitrogen and oxygen atoms in total. The van der Waals surface area contributed by atoms with E-state index in [-0.39, 0.29) is 48.2 Å². The van der Waals surface area contributed by atoms with Gasteiger partial charge in [0, 0.05) is 41.7 Å². The first-order valence-electron chi connectivity index (χ1n) is 11.3. The number of sulfonamides is 1. The summed E-state index contributed by atoms with van der Waals surface area (Å²) in [5.74, 6) is -1.29. The van der Waals surface area contributed by atoms with E-state index in [0.717, 1.165) is 4.31 Å². The Kier molecular flexibility index (Phi) is 8.79. The normalized spacial score (nSPS) is 15.0. The number of fused-ring (bicyclic) bond motifs is 1. The van der Waals surface area contributed by atoms with E-state index in [4.69, 9.17) is 23.2 Å². The minimum Gasteiger partial charge on any atom is -0.355 e. The van der Waals surface area contributed by atoms with Crippen LogP contribution in [0.2, 0.25) is 10.0 Å². The van der Waals surface area contributed by atoms with Gasteiger partial charge in [0.25, 0.3) is 15.9 Å². The number of hydrogen-bond donors (Lipinski definition) is 1. The third-order valence-corrected chi connectivity index (χ3v) is 8.34. The van der Waals surface area contributed by atoms with Crippen LogP contribution < -0.4 is 5.32 Å². The van der Waals surface area contributed by atoms with Gasteiger partial charge in [0.05, 0.1) is 5.56 Å². The number of benzene rings is 2. The fourth-order valence-corrected chi connectivity index (χ4v) is 6.16. The fraction of sp³-hybridized carbons (Fsp3) is 0.375. The van der Waals surface area contributed by atoms with Gasteiger partial charge in [-0.1, -0.05) is 48.3 Å². The van der Waals surface area contributed by atoms with Crippen molar-refractivity contribution in [3.8, 4) is 0 Å². The molecule has 1 heterocycles. The van der Waals surface area contributed by atoms with E-state index in [0.29, 0.717) is 28.6 Å². The summed E-state index contributed by atoms with van der Waals surface area (Å²) in [5, 5.41) is 3.48. The summed E-state index contributed by atoms with van der Waals surface area (Å²) in [6.07, 6.45) is 0.373. The monoisotopic (exact) mass is 539 g/mol. The molecular weight excluding hydrogens is 513 g/mol. The fourth-order valence-electron chi connectivity index (χ4n) is 4.03. The number of amides is 3. The summed E-state index contributed by atoms with van der Waals surface area (Å²) in [4.78, 5) is 40.0. The second-order valence-electron chi connectivity index (χ2n) is 8.02. The lowest BCUT2D eigenvalue weighted by molar-refractivity contribution is -0.141. The number of nitrogens with one attached hydrogen (secondary N) is 1. The molecule has 1 aliphatic rings. The lowest BCUT2D eigenvalue weighted by atomic mass is 10.1. The molecule has 0 aromatic heterocycles. The zero-order valence-electron chi connectivity index (χ0n) is 19.5. The number of carbonyl (C=O) groups is 3. The molecule has 0 radical (unpaired) electrons. The largest absolute Gasteiger partial charge is 0.355 e. The zero-order chi connectivity index (χ0) is 25.8. The average Bonchev–Trinajstić information content (AvgIpc) is 3.01. The maximum atomic E-state index is 13.3. The molecule has 0 saturated heterocycles. The highest BCUT2D eigenvalue weighted by Crippen LogP contribution is 2.31. The number of hydrogen-bond acceptors (Lipinski definition) is 5. The van der Waals surface area contributed by atoms with Gasteiger partial charge in [0.2, 0.25) is 11.8 Å². The zero-order valence-corrected chi connectivity index (χ0v) is 21.8. The Morgan fingerprint density at radius 1 is 1.06 bits per heavy atom. The Hall–Kier alpha value is -2.62. The van der Waals surface area contributed by atoms with Crippen molar-refractivity contribution in [2.24, 2.45) is 0 Å². The Balaban J connectivity index is 1.78. The van der Waals surface area contributed by atoms with Crippen LogP contribution in [-0.4, -0.2) is 54.5 Å². The van der Waals surface area contributed by atoms with E-state index in [2.05, 4.69) is 5.32 Å². The molecule has 1 atom stereocenters. The molecular formula is C24H27Cl2N3O5S. The van der Waals surface area contributed by atoms with Crippen LogP contribution in [0.3, 0.4) is 0 Å². The second-order valence-corrected chi connectivity index (χ2v) is 10.7. The maximum Gasteiger partial charge on any atom is 0.269 e. The number of halogens is 2. The van der Waals surface area contributed by atoms with Crippen LogP contribution in [-0.2, 0) is 26.2 Å². The molecule has 188 valence electrons.